The molecule has 0 N–H and O–H groups in total. The molecule has 2 aromatic rings. The minimum atomic E-state index is -0.315. The Labute approximate surface area is 112 Å². The van der Waals surface area contributed by atoms with Crippen LogP contribution in [0.3, 0.4) is 0 Å². The van der Waals surface area contributed by atoms with Crippen molar-refractivity contribution < 1.29 is 9.53 Å². The number of ether oxygens (including phenoxy) is 1. The Hall–Kier alpha value is -2.30. The van der Waals surface area contributed by atoms with Gasteiger partial charge in [0, 0.05) is 32.5 Å². The van der Waals surface area contributed by atoms with Gasteiger partial charge in [0.1, 0.15) is 0 Å². The van der Waals surface area contributed by atoms with E-state index in [0.717, 1.165) is 18.8 Å². The summed E-state index contributed by atoms with van der Waals surface area (Å²) in [7, 11) is 3.35. The molecule has 1 aromatic carbocycles. The van der Waals surface area contributed by atoms with Crippen LogP contribution in [0.15, 0.2) is 43.0 Å². The fraction of sp³-hybridized carbons (Fsp3) is 0.286. The number of para-hydroxylation sites is 1. The van der Waals surface area contributed by atoms with Crippen LogP contribution in [-0.2, 0) is 11.3 Å². The van der Waals surface area contributed by atoms with E-state index in [0.29, 0.717) is 5.56 Å². The number of aromatic nitrogens is 2. The summed E-state index contributed by atoms with van der Waals surface area (Å²) in [5.74, 6) is -0.315. The van der Waals surface area contributed by atoms with Crippen LogP contribution in [0.25, 0.3) is 0 Å². The number of hydrogen-bond donors (Lipinski definition) is 0. The lowest BCUT2D eigenvalue weighted by Gasteiger charge is -2.21. The van der Waals surface area contributed by atoms with Crippen molar-refractivity contribution in [3.8, 4) is 0 Å². The Morgan fingerprint density at radius 2 is 2.21 bits per heavy atom. The number of benzene rings is 1. The Bertz CT molecular complexity index is 537. The van der Waals surface area contributed by atoms with Crippen molar-refractivity contribution >= 4 is 11.7 Å². The summed E-state index contributed by atoms with van der Waals surface area (Å²) in [6, 6.07) is 7.43. The number of esters is 1. The van der Waals surface area contributed by atoms with Gasteiger partial charge >= 0.3 is 5.97 Å². The molecule has 1 aromatic heterocycles. The van der Waals surface area contributed by atoms with E-state index in [1.165, 1.54) is 7.11 Å². The van der Waals surface area contributed by atoms with Crippen molar-refractivity contribution in [1.82, 2.24) is 9.55 Å². The molecular formula is C14H17N3O2. The number of imidazole rings is 1. The highest BCUT2D eigenvalue weighted by Gasteiger charge is 2.13. The number of hydrogen-bond acceptors (Lipinski definition) is 4. The van der Waals surface area contributed by atoms with E-state index < -0.39 is 0 Å². The van der Waals surface area contributed by atoms with Crippen molar-refractivity contribution in [1.29, 1.82) is 0 Å². The van der Waals surface area contributed by atoms with E-state index in [1.54, 1.807) is 18.6 Å². The largest absolute Gasteiger partial charge is 0.465 e. The first-order valence-electron chi connectivity index (χ1n) is 6.06. The molecule has 19 heavy (non-hydrogen) atoms. The summed E-state index contributed by atoms with van der Waals surface area (Å²) < 4.78 is 6.79. The lowest BCUT2D eigenvalue weighted by atomic mass is 10.1. The molecule has 2 rings (SSSR count). The fourth-order valence-corrected chi connectivity index (χ4v) is 1.89. The number of nitrogens with zero attached hydrogens (tertiary/aromatic N) is 3. The summed E-state index contributed by atoms with van der Waals surface area (Å²) in [6.45, 7) is 1.59. The summed E-state index contributed by atoms with van der Waals surface area (Å²) in [5.41, 5.74) is 1.45. The topological polar surface area (TPSA) is 47.4 Å². The van der Waals surface area contributed by atoms with E-state index in [-0.39, 0.29) is 5.97 Å². The quantitative estimate of drug-likeness (QED) is 0.768. The molecule has 100 valence electrons. The number of rotatable bonds is 5. The summed E-state index contributed by atoms with van der Waals surface area (Å²) >= 11 is 0. The second kappa shape index (κ2) is 6.04. The molecule has 5 heteroatoms. The molecule has 0 fully saturated rings. The van der Waals surface area contributed by atoms with E-state index in [9.17, 15) is 4.79 Å². The maximum Gasteiger partial charge on any atom is 0.339 e. The first-order valence-corrected chi connectivity index (χ1v) is 6.06. The predicted octanol–water partition coefficient (Wildman–Crippen LogP) is 1.81. The van der Waals surface area contributed by atoms with Gasteiger partial charge in [0.05, 0.1) is 24.7 Å². The lowest BCUT2D eigenvalue weighted by molar-refractivity contribution is 0.0601. The number of carbonyl (C=O) groups excluding carboxylic acids is 1. The monoisotopic (exact) mass is 259 g/mol. The molecule has 0 radical (unpaired) electrons. The molecule has 1 heterocycles. The molecule has 0 saturated heterocycles. The first kappa shape index (κ1) is 13.1. The van der Waals surface area contributed by atoms with Gasteiger partial charge in [-0.1, -0.05) is 12.1 Å². The third kappa shape index (κ3) is 3.13. The highest BCUT2D eigenvalue weighted by molar-refractivity contribution is 5.95. The number of methoxy groups -OCH3 is 1. The van der Waals surface area contributed by atoms with Gasteiger partial charge < -0.3 is 14.2 Å². The predicted molar refractivity (Wildman–Crippen MR) is 73.3 cm³/mol. The molecule has 0 spiro atoms. The Morgan fingerprint density at radius 1 is 1.42 bits per heavy atom. The number of anilines is 1. The maximum atomic E-state index is 11.7. The first-order chi connectivity index (χ1) is 9.22. The van der Waals surface area contributed by atoms with Crippen LogP contribution in [-0.4, -0.2) is 36.2 Å². The van der Waals surface area contributed by atoms with Gasteiger partial charge in [-0.2, -0.15) is 0 Å². The molecule has 0 aliphatic rings. The van der Waals surface area contributed by atoms with Crippen LogP contribution in [0.1, 0.15) is 10.4 Å². The van der Waals surface area contributed by atoms with E-state index >= 15 is 0 Å². The third-order valence-electron chi connectivity index (χ3n) is 2.97. The van der Waals surface area contributed by atoms with Crippen LogP contribution in [0.2, 0.25) is 0 Å². The molecule has 0 bridgehead atoms. The smallest absolute Gasteiger partial charge is 0.339 e. The maximum absolute atomic E-state index is 11.7. The number of likely N-dealkylation sites (N-methyl/N-ethyl adjacent to an activating group) is 1. The molecule has 0 atom stereocenters. The minimum absolute atomic E-state index is 0.315. The molecule has 0 unspecified atom stereocenters. The van der Waals surface area contributed by atoms with E-state index in [2.05, 4.69) is 4.98 Å². The normalized spacial score (nSPS) is 10.2. The van der Waals surface area contributed by atoms with Crippen molar-refractivity contribution in [2.24, 2.45) is 0 Å². The van der Waals surface area contributed by atoms with E-state index in [1.807, 2.05) is 40.9 Å². The zero-order valence-electron chi connectivity index (χ0n) is 11.1. The fourth-order valence-electron chi connectivity index (χ4n) is 1.89. The zero-order chi connectivity index (χ0) is 13.7. The van der Waals surface area contributed by atoms with Gasteiger partial charge in [-0.25, -0.2) is 9.78 Å². The summed E-state index contributed by atoms with van der Waals surface area (Å²) in [5, 5.41) is 0. The average Bonchev–Trinajstić information content (AvgIpc) is 2.97. The van der Waals surface area contributed by atoms with Crippen LogP contribution in [0.4, 0.5) is 5.69 Å². The van der Waals surface area contributed by atoms with Crippen LogP contribution < -0.4 is 4.90 Å². The van der Waals surface area contributed by atoms with Gasteiger partial charge in [-0.05, 0) is 12.1 Å². The molecular weight excluding hydrogens is 242 g/mol. The van der Waals surface area contributed by atoms with Crippen molar-refractivity contribution in [3.63, 3.8) is 0 Å². The highest BCUT2D eigenvalue weighted by Crippen LogP contribution is 2.19. The van der Waals surface area contributed by atoms with Crippen LogP contribution in [0.5, 0.6) is 0 Å². The van der Waals surface area contributed by atoms with Crippen molar-refractivity contribution in [2.75, 3.05) is 25.6 Å². The average molecular weight is 259 g/mol. The Balaban J connectivity index is 2.10. The Morgan fingerprint density at radius 3 is 2.89 bits per heavy atom. The highest BCUT2D eigenvalue weighted by atomic mass is 16.5. The SMILES string of the molecule is COC(=O)c1ccccc1N(C)CCn1ccnc1. The van der Waals surface area contributed by atoms with Crippen molar-refractivity contribution in [3.05, 3.63) is 48.5 Å². The second-order valence-corrected chi connectivity index (χ2v) is 4.23. The molecule has 5 nitrogen and oxygen atoms in total. The molecule has 0 amide bonds. The minimum Gasteiger partial charge on any atom is -0.465 e. The molecule has 0 saturated carbocycles. The van der Waals surface area contributed by atoms with Gasteiger partial charge in [0.25, 0.3) is 0 Å². The lowest BCUT2D eigenvalue weighted by Crippen LogP contribution is -2.24. The van der Waals surface area contributed by atoms with Crippen LogP contribution in [0, 0.1) is 0 Å². The van der Waals surface area contributed by atoms with E-state index in [4.69, 9.17) is 4.74 Å². The van der Waals surface area contributed by atoms with Crippen molar-refractivity contribution in [2.45, 2.75) is 6.54 Å². The third-order valence-corrected chi connectivity index (χ3v) is 2.97. The van der Waals surface area contributed by atoms with Crippen LogP contribution >= 0.6 is 0 Å². The van der Waals surface area contributed by atoms with Gasteiger partial charge in [-0.3, -0.25) is 0 Å². The van der Waals surface area contributed by atoms with Gasteiger partial charge in [-0.15, -0.1) is 0 Å². The summed E-state index contributed by atoms with van der Waals surface area (Å²) in [6.07, 6.45) is 5.45. The molecule has 0 aliphatic carbocycles. The summed E-state index contributed by atoms with van der Waals surface area (Å²) in [4.78, 5) is 17.7. The zero-order valence-corrected chi connectivity index (χ0v) is 11.1. The Kier molecular flexibility index (Phi) is 4.18. The second-order valence-electron chi connectivity index (χ2n) is 4.23. The van der Waals surface area contributed by atoms with Gasteiger partial charge in [0.2, 0.25) is 0 Å². The number of carbonyl (C=O) groups is 1. The standard InChI is InChI=1S/C14H17N3O2/c1-16(9-10-17-8-7-15-11-17)13-6-4-3-5-12(13)14(18)19-2/h3-8,11H,9-10H2,1-2H3. The van der Waals surface area contributed by atoms with Gasteiger partial charge in [0.15, 0.2) is 0 Å². The molecule has 0 aliphatic heterocycles.